The number of ether oxygens (including phenoxy) is 1. The van der Waals surface area contributed by atoms with Gasteiger partial charge in [-0.2, -0.15) is 0 Å². The molecule has 0 saturated carbocycles. The quantitative estimate of drug-likeness (QED) is 0.349. The van der Waals surface area contributed by atoms with Crippen molar-refractivity contribution in [3.8, 4) is 5.75 Å². The van der Waals surface area contributed by atoms with Crippen molar-refractivity contribution in [1.29, 1.82) is 0 Å². The molecule has 8 nitrogen and oxygen atoms in total. The number of fused-ring (bicyclic) bond motifs is 1. The molecule has 3 rings (SSSR count). The van der Waals surface area contributed by atoms with Crippen LogP contribution in [0, 0.1) is 0 Å². The minimum absolute atomic E-state index is 0.0782. The molecule has 0 atom stereocenters. The molecule has 2 heterocycles. The summed E-state index contributed by atoms with van der Waals surface area (Å²) < 4.78 is 7.53. The topological polar surface area (TPSA) is 96.1 Å². The molecule has 0 fully saturated rings. The molecule has 0 aliphatic carbocycles. The molecule has 0 spiro atoms. The Labute approximate surface area is 177 Å². The van der Waals surface area contributed by atoms with E-state index in [0.717, 1.165) is 16.3 Å². The van der Waals surface area contributed by atoms with Crippen molar-refractivity contribution in [2.45, 2.75) is 31.2 Å². The zero-order valence-electron chi connectivity index (χ0n) is 17.8. The van der Waals surface area contributed by atoms with Gasteiger partial charge in [0, 0.05) is 25.1 Å². The Kier molecular flexibility index (Phi) is 5.85. The summed E-state index contributed by atoms with van der Waals surface area (Å²) >= 11 is 1.16. The minimum atomic E-state index is -0.482. The van der Waals surface area contributed by atoms with E-state index in [4.69, 9.17) is 4.74 Å². The smallest absolute Gasteiger partial charge is 0.332 e. The Morgan fingerprint density at radius 1 is 1.13 bits per heavy atom. The highest BCUT2D eigenvalue weighted by atomic mass is 32.2. The molecule has 9 heteroatoms. The third-order valence-electron chi connectivity index (χ3n) is 4.67. The molecule has 0 saturated heterocycles. The van der Waals surface area contributed by atoms with Crippen molar-refractivity contribution in [3.05, 3.63) is 56.5 Å². The maximum Gasteiger partial charge on any atom is 0.332 e. The fraction of sp³-hybridized carbons (Fsp3) is 0.381. The predicted octanol–water partition coefficient (Wildman–Crippen LogP) is 2.31. The maximum atomic E-state index is 12.8. The van der Waals surface area contributed by atoms with Crippen LogP contribution in [-0.2, 0) is 19.5 Å². The summed E-state index contributed by atoms with van der Waals surface area (Å²) in [4.78, 5) is 47.0. The van der Waals surface area contributed by atoms with E-state index in [9.17, 15) is 14.4 Å². The third-order valence-corrected chi connectivity index (χ3v) is 5.64. The van der Waals surface area contributed by atoms with Crippen molar-refractivity contribution in [1.82, 2.24) is 19.1 Å². The van der Waals surface area contributed by atoms with Crippen molar-refractivity contribution >= 4 is 28.6 Å². The number of hydrogen-bond donors (Lipinski definition) is 0. The lowest BCUT2D eigenvalue weighted by atomic mass is 9.96. The maximum absolute atomic E-state index is 12.8. The van der Waals surface area contributed by atoms with Crippen LogP contribution >= 0.6 is 11.8 Å². The molecular weight excluding hydrogens is 404 g/mol. The molecule has 0 unspecified atom stereocenters. The molecule has 0 aliphatic heterocycles. The van der Waals surface area contributed by atoms with Gasteiger partial charge in [0.25, 0.3) is 5.56 Å². The Bertz CT molecular complexity index is 1250. The minimum Gasteiger partial charge on any atom is -0.497 e. The summed E-state index contributed by atoms with van der Waals surface area (Å²) in [6.07, 6.45) is 0. The average molecular weight is 429 g/mol. The van der Waals surface area contributed by atoms with Gasteiger partial charge in [-0.15, -0.1) is 0 Å². The number of aryl methyl sites for hydroxylation is 1. The van der Waals surface area contributed by atoms with Crippen LogP contribution in [0.3, 0.4) is 0 Å². The van der Waals surface area contributed by atoms with Gasteiger partial charge in [-0.25, -0.2) is 14.8 Å². The highest BCUT2D eigenvalue weighted by Gasteiger charge is 2.24. The van der Waals surface area contributed by atoms with Gasteiger partial charge in [-0.05, 0) is 12.1 Å². The van der Waals surface area contributed by atoms with Crippen molar-refractivity contribution in [2.24, 2.45) is 14.1 Å². The number of carbonyl (C=O) groups excluding carboxylic acids is 1. The van der Waals surface area contributed by atoms with Crippen LogP contribution in [0.4, 0.5) is 0 Å². The Hall–Kier alpha value is -2.94. The summed E-state index contributed by atoms with van der Waals surface area (Å²) in [7, 11) is 4.52. The summed E-state index contributed by atoms with van der Waals surface area (Å²) in [6, 6.07) is 6.90. The number of rotatable bonds is 5. The SMILES string of the molecule is COc1cccc(C(=O)CSc2nc(C(C)(C)C)nc3c2c(=O)n(C)c(=O)n3C)c1. The molecule has 30 heavy (non-hydrogen) atoms. The average Bonchev–Trinajstić information content (AvgIpc) is 2.73. The number of methoxy groups -OCH3 is 1. The normalized spacial score (nSPS) is 11.7. The highest BCUT2D eigenvalue weighted by Crippen LogP contribution is 2.27. The molecule has 0 N–H and O–H groups in total. The van der Waals surface area contributed by atoms with E-state index in [1.807, 2.05) is 20.8 Å². The zero-order valence-corrected chi connectivity index (χ0v) is 18.7. The summed E-state index contributed by atoms with van der Waals surface area (Å²) in [5.74, 6) is 1.05. The first kappa shape index (κ1) is 21.8. The van der Waals surface area contributed by atoms with Gasteiger partial charge in [-0.1, -0.05) is 44.7 Å². The van der Waals surface area contributed by atoms with Crippen molar-refractivity contribution in [2.75, 3.05) is 12.9 Å². The number of thioether (sulfide) groups is 1. The van der Waals surface area contributed by atoms with E-state index in [-0.39, 0.29) is 22.6 Å². The number of ketones is 1. The van der Waals surface area contributed by atoms with E-state index in [1.54, 1.807) is 38.4 Å². The van der Waals surface area contributed by atoms with E-state index >= 15 is 0 Å². The second kappa shape index (κ2) is 8.06. The van der Waals surface area contributed by atoms with Crippen LogP contribution in [0.25, 0.3) is 11.0 Å². The van der Waals surface area contributed by atoms with Crippen LogP contribution < -0.4 is 16.0 Å². The summed E-state index contributed by atoms with van der Waals surface area (Å²) in [5.41, 5.74) is -0.576. The van der Waals surface area contributed by atoms with Gasteiger partial charge in [0.15, 0.2) is 11.4 Å². The molecule has 0 aliphatic rings. The third kappa shape index (κ3) is 4.02. The van der Waals surface area contributed by atoms with E-state index in [0.29, 0.717) is 22.2 Å². The molecule has 2 aromatic heterocycles. The standard InChI is InChI=1S/C21H24N4O4S/c1-21(2,3)19-22-16-15(18(27)25(5)20(28)24(16)4)17(23-19)30-11-14(26)12-8-7-9-13(10-12)29-6/h7-10H,11H2,1-6H3. The number of carbonyl (C=O) groups is 1. The predicted molar refractivity (Wildman–Crippen MR) is 117 cm³/mol. The zero-order chi connectivity index (χ0) is 22.2. The van der Waals surface area contributed by atoms with Crippen LogP contribution in [0.1, 0.15) is 37.0 Å². The Morgan fingerprint density at radius 3 is 2.47 bits per heavy atom. The second-order valence-corrected chi connectivity index (χ2v) is 8.91. The molecule has 0 radical (unpaired) electrons. The molecule has 158 valence electrons. The van der Waals surface area contributed by atoms with Gasteiger partial charge < -0.3 is 4.74 Å². The monoisotopic (exact) mass is 428 g/mol. The van der Waals surface area contributed by atoms with Crippen LogP contribution in [0.15, 0.2) is 38.9 Å². The van der Waals surface area contributed by atoms with Crippen molar-refractivity contribution < 1.29 is 9.53 Å². The Balaban J connectivity index is 2.11. The van der Waals surface area contributed by atoms with Crippen LogP contribution in [0.5, 0.6) is 5.75 Å². The Morgan fingerprint density at radius 2 is 1.83 bits per heavy atom. The van der Waals surface area contributed by atoms with Gasteiger partial charge in [0.2, 0.25) is 0 Å². The van der Waals surface area contributed by atoms with E-state index in [1.165, 1.54) is 11.6 Å². The lowest BCUT2D eigenvalue weighted by Crippen LogP contribution is -2.38. The van der Waals surface area contributed by atoms with Crippen LogP contribution in [0.2, 0.25) is 0 Å². The lowest BCUT2D eigenvalue weighted by Gasteiger charge is -2.19. The van der Waals surface area contributed by atoms with Crippen LogP contribution in [-0.4, -0.2) is 37.7 Å². The molecule has 3 aromatic rings. The first-order chi connectivity index (χ1) is 14.0. The summed E-state index contributed by atoms with van der Waals surface area (Å²) in [6.45, 7) is 5.84. The molecule has 0 bridgehead atoms. The fourth-order valence-corrected chi connectivity index (χ4v) is 3.79. The molecule has 0 amide bonds. The fourth-order valence-electron chi connectivity index (χ4n) is 2.88. The van der Waals surface area contributed by atoms with Gasteiger partial charge in [0.05, 0.1) is 12.9 Å². The second-order valence-electron chi connectivity index (χ2n) is 7.95. The van der Waals surface area contributed by atoms with Gasteiger partial charge >= 0.3 is 5.69 Å². The van der Waals surface area contributed by atoms with Crippen molar-refractivity contribution in [3.63, 3.8) is 0 Å². The number of benzene rings is 1. The largest absolute Gasteiger partial charge is 0.497 e. The molecular formula is C21H24N4O4S. The van der Waals surface area contributed by atoms with E-state index in [2.05, 4.69) is 9.97 Å². The lowest BCUT2D eigenvalue weighted by molar-refractivity contribution is 0.102. The first-order valence-corrected chi connectivity index (χ1v) is 10.3. The number of aromatic nitrogens is 4. The number of Topliss-reactive ketones (excluding diaryl/α,β-unsaturated/α-hetero) is 1. The number of hydrogen-bond acceptors (Lipinski definition) is 7. The van der Waals surface area contributed by atoms with Gasteiger partial charge in [0.1, 0.15) is 22.0 Å². The summed E-state index contributed by atoms with van der Waals surface area (Å²) in [5, 5.41) is 0.619. The van der Waals surface area contributed by atoms with Gasteiger partial charge in [-0.3, -0.25) is 18.7 Å². The first-order valence-electron chi connectivity index (χ1n) is 9.33. The van der Waals surface area contributed by atoms with E-state index < -0.39 is 16.7 Å². The highest BCUT2D eigenvalue weighted by molar-refractivity contribution is 8.00. The molecule has 1 aromatic carbocycles. The number of nitrogens with zero attached hydrogens (tertiary/aromatic N) is 4.